The summed E-state index contributed by atoms with van der Waals surface area (Å²) in [4.78, 5) is 24.2. The molecule has 1 aromatic heterocycles. The van der Waals surface area contributed by atoms with Crippen LogP contribution in [0.1, 0.15) is 37.1 Å². The van der Waals surface area contributed by atoms with Gasteiger partial charge in [-0.2, -0.15) is 0 Å². The predicted octanol–water partition coefficient (Wildman–Crippen LogP) is 2.65. The van der Waals surface area contributed by atoms with Gasteiger partial charge >= 0.3 is 0 Å². The summed E-state index contributed by atoms with van der Waals surface area (Å²) >= 11 is 0. The average Bonchev–Trinajstić information content (AvgIpc) is 3.36. The molecule has 7 heteroatoms. The molecule has 7 nitrogen and oxygen atoms in total. The third-order valence-electron chi connectivity index (χ3n) is 5.78. The molecule has 2 N–H and O–H groups in total. The molecule has 4 rings (SSSR count). The third-order valence-corrected chi connectivity index (χ3v) is 5.78. The molecular formula is C22H29N5O2. The predicted molar refractivity (Wildman–Crippen MR) is 114 cm³/mol. The number of hydrogen-bond acceptors (Lipinski definition) is 6. The van der Waals surface area contributed by atoms with Gasteiger partial charge in [0.15, 0.2) is 0 Å². The first-order chi connectivity index (χ1) is 14.1. The highest BCUT2D eigenvalue weighted by atomic mass is 16.5. The molecular weight excluding hydrogens is 366 g/mol. The van der Waals surface area contributed by atoms with Gasteiger partial charge in [-0.1, -0.05) is 18.2 Å². The Labute approximate surface area is 171 Å². The quantitative estimate of drug-likeness (QED) is 0.669. The smallest absolute Gasteiger partial charge is 0.230 e. The number of nitrogens with zero attached hydrogens (tertiary/aromatic N) is 3. The molecule has 1 amide bonds. The van der Waals surface area contributed by atoms with Crippen LogP contribution in [0.25, 0.3) is 0 Å². The summed E-state index contributed by atoms with van der Waals surface area (Å²) in [5.74, 6) is 3.40. The normalized spacial score (nSPS) is 17.1. The van der Waals surface area contributed by atoms with E-state index in [1.54, 1.807) is 7.11 Å². The summed E-state index contributed by atoms with van der Waals surface area (Å²) in [7, 11) is 1.65. The first-order valence-electron chi connectivity index (χ1n) is 10.4. The fraction of sp³-hybridized carbons (Fsp3) is 0.500. The van der Waals surface area contributed by atoms with Crippen LogP contribution in [-0.4, -0.2) is 49.2 Å². The first kappa shape index (κ1) is 19.5. The fourth-order valence-electron chi connectivity index (χ4n) is 4.07. The fourth-order valence-corrected chi connectivity index (χ4v) is 4.07. The number of benzene rings is 1. The van der Waals surface area contributed by atoms with E-state index in [1.807, 2.05) is 37.3 Å². The van der Waals surface area contributed by atoms with E-state index in [-0.39, 0.29) is 5.91 Å². The van der Waals surface area contributed by atoms with Gasteiger partial charge in [0.05, 0.1) is 12.5 Å². The Hall–Kier alpha value is -2.83. The topological polar surface area (TPSA) is 79.4 Å². The Morgan fingerprint density at radius 3 is 2.66 bits per heavy atom. The number of nitrogens with one attached hydrogen (secondary N) is 2. The maximum atomic E-state index is 12.9. The SMILES string of the molecule is COc1ccccc1C1(C(=O)NCCNc2cc(N3CCCC3)nc(C)n2)CC1. The molecule has 0 spiro atoms. The highest BCUT2D eigenvalue weighted by Crippen LogP contribution is 2.51. The monoisotopic (exact) mass is 395 g/mol. The number of ether oxygens (including phenoxy) is 1. The van der Waals surface area contributed by atoms with Gasteiger partial charge in [-0.3, -0.25) is 4.79 Å². The zero-order valence-electron chi connectivity index (χ0n) is 17.2. The zero-order valence-corrected chi connectivity index (χ0v) is 17.2. The van der Waals surface area contributed by atoms with Gasteiger partial charge in [-0.05, 0) is 38.7 Å². The lowest BCUT2D eigenvalue weighted by molar-refractivity contribution is -0.123. The second-order valence-electron chi connectivity index (χ2n) is 7.82. The Morgan fingerprint density at radius 1 is 1.17 bits per heavy atom. The van der Waals surface area contributed by atoms with Crippen molar-refractivity contribution in [1.82, 2.24) is 15.3 Å². The molecule has 0 unspecified atom stereocenters. The van der Waals surface area contributed by atoms with Gasteiger partial charge < -0.3 is 20.3 Å². The lowest BCUT2D eigenvalue weighted by Crippen LogP contribution is -2.37. The van der Waals surface area contributed by atoms with E-state index < -0.39 is 5.41 Å². The van der Waals surface area contributed by atoms with Crippen LogP contribution in [0.15, 0.2) is 30.3 Å². The Morgan fingerprint density at radius 2 is 1.93 bits per heavy atom. The van der Waals surface area contributed by atoms with E-state index >= 15 is 0 Å². The molecule has 2 aromatic rings. The molecule has 0 atom stereocenters. The van der Waals surface area contributed by atoms with Crippen LogP contribution in [-0.2, 0) is 10.2 Å². The maximum absolute atomic E-state index is 12.9. The molecule has 2 heterocycles. The summed E-state index contributed by atoms with van der Waals surface area (Å²) in [6.07, 6.45) is 4.14. The summed E-state index contributed by atoms with van der Waals surface area (Å²) in [5.41, 5.74) is 0.538. The molecule has 154 valence electrons. The molecule has 1 aliphatic heterocycles. The highest BCUT2D eigenvalue weighted by Gasteiger charge is 2.52. The number of methoxy groups -OCH3 is 1. The van der Waals surface area contributed by atoms with Crippen LogP contribution in [0.5, 0.6) is 5.75 Å². The van der Waals surface area contributed by atoms with Gasteiger partial charge in [0, 0.05) is 37.8 Å². The third kappa shape index (κ3) is 4.13. The van der Waals surface area contributed by atoms with E-state index in [2.05, 4.69) is 25.5 Å². The molecule has 1 saturated heterocycles. The molecule has 1 saturated carbocycles. The zero-order chi connectivity index (χ0) is 20.3. The molecule has 1 aliphatic carbocycles. The van der Waals surface area contributed by atoms with E-state index in [0.29, 0.717) is 13.1 Å². The van der Waals surface area contributed by atoms with Crippen molar-refractivity contribution in [2.75, 3.05) is 43.5 Å². The molecule has 0 radical (unpaired) electrons. The van der Waals surface area contributed by atoms with Gasteiger partial charge in [-0.15, -0.1) is 0 Å². The van der Waals surface area contributed by atoms with E-state index in [4.69, 9.17) is 4.74 Å². The maximum Gasteiger partial charge on any atom is 0.230 e. The summed E-state index contributed by atoms with van der Waals surface area (Å²) in [6, 6.07) is 9.80. The number of amides is 1. The van der Waals surface area contributed by atoms with E-state index in [9.17, 15) is 4.79 Å². The van der Waals surface area contributed by atoms with Gasteiger partial charge in [0.25, 0.3) is 0 Å². The number of para-hydroxylation sites is 1. The van der Waals surface area contributed by atoms with Crippen molar-refractivity contribution in [3.05, 3.63) is 41.7 Å². The van der Waals surface area contributed by atoms with Crippen LogP contribution < -0.4 is 20.3 Å². The number of carbonyl (C=O) groups excluding carboxylic acids is 1. The van der Waals surface area contributed by atoms with Crippen molar-refractivity contribution in [1.29, 1.82) is 0 Å². The molecule has 0 bridgehead atoms. The second kappa shape index (κ2) is 8.27. The lowest BCUT2D eigenvalue weighted by Gasteiger charge is -2.19. The van der Waals surface area contributed by atoms with Gasteiger partial charge in [0.1, 0.15) is 23.2 Å². The minimum atomic E-state index is -0.443. The van der Waals surface area contributed by atoms with Crippen LogP contribution >= 0.6 is 0 Å². The lowest BCUT2D eigenvalue weighted by atomic mass is 9.94. The summed E-state index contributed by atoms with van der Waals surface area (Å²) in [5, 5.41) is 6.40. The number of aromatic nitrogens is 2. The largest absolute Gasteiger partial charge is 0.496 e. The Bertz CT molecular complexity index is 875. The van der Waals surface area contributed by atoms with Gasteiger partial charge in [0.2, 0.25) is 5.91 Å². The van der Waals surface area contributed by atoms with Crippen molar-refractivity contribution in [3.63, 3.8) is 0 Å². The standard InChI is InChI=1S/C22H29N5O2/c1-16-25-19(15-20(26-16)27-13-5-6-14-27)23-11-12-24-21(28)22(9-10-22)17-7-3-4-8-18(17)29-2/h3-4,7-8,15H,5-6,9-14H2,1-2H3,(H,24,28)(H,23,25,26). The van der Waals surface area contributed by atoms with Crippen molar-refractivity contribution in [2.24, 2.45) is 0 Å². The minimum Gasteiger partial charge on any atom is -0.496 e. The van der Waals surface area contributed by atoms with Crippen molar-refractivity contribution >= 4 is 17.5 Å². The Kier molecular flexibility index (Phi) is 5.56. The minimum absolute atomic E-state index is 0.0698. The van der Waals surface area contributed by atoms with Crippen molar-refractivity contribution in [3.8, 4) is 5.75 Å². The van der Waals surface area contributed by atoms with Crippen LogP contribution in [0, 0.1) is 6.92 Å². The van der Waals surface area contributed by atoms with Crippen LogP contribution in [0.2, 0.25) is 0 Å². The van der Waals surface area contributed by atoms with E-state index in [1.165, 1.54) is 12.8 Å². The molecule has 2 fully saturated rings. The molecule has 1 aromatic carbocycles. The number of rotatable bonds is 8. The number of carbonyl (C=O) groups is 1. The molecule has 29 heavy (non-hydrogen) atoms. The van der Waals surface area contributed by atoms with E-state index in [0.717, 1.165) is 54.7 Å². The number of aryl methyl sites for hydroxylation is 1. The number of anilines is 2. The Balaban J connectivity index is 1.32. The average molecular weight is 396 g/mol. The van der Waals surface area contributed by atoms with Crippen molar-refractivity contribution < 1.29 is 9.53 Å². The van der Waals surface area contributed by atoms with Crippen molar-refractivity contribution in [2.45, 2.75) is 38.0 Å². The molecule has 2 aliphatic rings. The van der Waals surface area contributed by atoms with Crippen LogP contribution in [0.3, 0.4) is 0 Å². The van der Waals surface area contributed by atoms with Gasteiger partial charge in [-0.25, -0.2) is 9.97 Å². The first-order valence-corrected chi connectivity index (χ1v) is 10.4. The van der Waals surface area contributed by atoms with Crippen LogP contribution in [0.4, 0.5) is 11.6 Å². The highest BCUT2D eigenvalue weighted by molar-refractivity contribution is 5.92. The number of hydrogen-bond donors (Lipinski definition) is 2. The summed E-state index contributed by atoms with van der Waals surface area (Å²) in [6.45, 7) is 5.17. The summed E-state index contributed by atoms with van der Waals surface area (Å²) < 4.78 is 5.46. The second-order valence-corrected chi connectivity index (χ2v) is 7.82.